The molecule has 1 aromatic rings. The van der Waals surface area contributed by atoms with Gasteiger partial charge in [0.1, 0.15) is 5.75 Å². The first-order valence-electron chi connectivity index (χ1n) is 7.94. The van der Waals surface area contributed by atoms with Gasteiger partial charge in [-0.1, -0.05) is 18.2 Å². The Morgan fingerprint density at radius 1 is 0.857 bits per heavy atom. The lowest BCUT2D eigenvalue weighted by Gasteiger charge is -2.39. The van der Waals surface area contributed by atoms with Crippen molar-refractivity contribution in [3.63, 3.8) is 0 Å². The van der Waals surface area contributed by atoms with E-state index < -0.39 is 42.1 Å². The van der Waals surface area contributed by atoms with Crippen LogP contribution in [-0.4, -0.2) is 37.2 Å². The molecular formula is C17H19F9O2. The van der Waals surface area contributed by atoms with Crippen LogP contribution in [0.25, 0.3) is 0 Å². The van der Waals surface area contributed by atoms with Crippen molar-refractivity contribution >= 4 is 0 Å². The molecule has 1 unspecified atom stereocenters. The molecular weight excluding hydrogens is 407 g/mol. The molecule has 2 nitrogen and oxygen atoms in total. The number of hydrogen-bond donors (Lipinski definition) is 0. The van der Waals surface area contributed by atoms with Crippen molar-refractivity contribution in [1.29, 1.82) is 0 Å². The third-order valence-electron chi connectivity index (χ3n) is 4.04. The number of ether oxygens (including phenoxy) is 2. The highest BCUT2D eigenvalue weighted by Crippen LogP contribution is 2.56. The number of methoxy groups -OCH3 is 1. The van der Waals surface area contributed by atoms with Crippen LogP contribution in [0.4, 0.5) is 39.5 Å². The third kappa shape index (κ3) is 4.33. The zero-order valence-corrected chi connectivity index (χ0v) is 15.3. The molecule has 0 saturated carbocycles. The first-order valence-corrected chi connectivity index (χ1v) is 7.94. The summed E-state index contributed by atoms with van der Waals surface area (Å²) in [5.41, 5.74) is -2.57. The molecule has 0 N–H and O–H groups in total. The maximum Gasteiger partial charge on any atom is 0.460 e. The van der Waals surface area contributed by atoms with Crippen molar-refractivity contribution in [3.8, 4) is 5.75 Å². The average molecular weight is 426 g/mol. The molecule has 28 heavy (non-hydrogen) atoms. The zero-order chi connectivity index (χ0) is 22.2. The van der Waals surface area contributed by atoms with E-state index in [1.807, 2.05) is 0 Å². The monoisotopic (exact) mass is 426 g/mol. The Morgan fingerprint density at radius 2 is 1.36 bits per heavy atom. The van der Waals surface area contributed by atoms with E-state index in [1.54, 1.807) is 13.8 Å². The van der Waals surface area contributed by atoms with Crippen LogP contribution in [0.5, 0.6) is 5.75 Å². The van der Waals surface area contributed by atoms with Crippen LogP contribution in [-0.2, 0) is 10.3 Å². The summed E-state index contributed by atoms with van der Waals surface area (Å²) in [6.07, 6.45) is -9.51. The highest BCUT2D eigenvalue weighted by Gasteiger charge is 2.82. The van der Waals surface area contributed by atoms with E-state index in [-0.39, 0.29) is 11.3 Å². The minimum absolute atomic E-state index is 0.0662. The summed E-state index contributed by atoms with van der Waals surface area (Å²) in [5.74, 6) is -19.5. The second kappa shape index (κ2) is 7.64. The molecule has 1 rings (SSSR count). The molecule has 0 spiro atoms. The minimum Gasteiger partial charge on any atom is -0.491 e. The van der Waals surface area contributed by atoms with Crippen LogP contribution in [0.15, 0.2) is 24.3 Å². The van der Waals surface area contributed by atoms with Gasteiger partial charge in [-0.15, -0.1) is 0 Å². The first kappa shape index (κ1) is 24.4. The van der Waals surface area contributed by atoms with Gasteiger partial charge in [0, 0.05) is 12.7 Å². The Hall–Kier alpha value is -1.65. The standard InChI is InChI=1S/C17H19F9O2/c1-10(2)28-12-8-6-5-7-11(12)13(3,27-4)9-14(18,19)15(20,21)16(22,23)17(24,25)26/h5-8,10H,9H2,1-4H3. The number of halogens is 9. The van der Waals surface area contributed by atoms with Gasteiger partial charge in [0.05, 0.1) is 18.1 Å². The van der Waals surface area contributed by atoms with Crippen molar-refractivity contribution < 1.29 is 49.0 Å². The zero-order valence-electron chi connectivity index (χ0n) is 15.3. The Balaban J connectivity index is 3.42. The molecule has 162 valence electrons. The average Bonchev–Trinajstić information content (AvgIpc) is 2.52. The van der Waals surface area contributed by atoms with Gasteiger partial charge < -0.3 is 9.47 Å². The molecule has 0 aliphatic rings. The van der Waals surface area contributed by atoms with E-state index in [4.69, 9.17) is 9.47 Å². The van der Waals surface area contributed by atoms with Crippen LogP contribution in [0, 0.1) is 0 Å². The highest BCUT2D eigenvalue weighted by atomic mass is 19.4. The Labute approximate surface area is 155 Å². The largest absolute Gasteiger partial charge is 0.491 e. The molecule has 0 bridgehead atoms. The van der Waals surface area contributed by atoms with E-state index >= 15 is 0 Å². The quantitative estimate of drug-likeness (QED) is 0.462. The SMILES string of the molecule is COC(C)(CC(F)(F)C(F)(F)C(F)(F)C(F)(F)F)c1ccccc1OC(C)C. The Morgan fingerprint density at radius 3 is 1.79 bits per heavy atom. The third-order valence-corrected chi connectivity index (χ3v) is 4.04. The van der Waals surface area contributed by atoms with Gasteiger partial charge in [0.25, 0.3) is 0 Å². The number of benzene rings is 1. The van der Waals surface area contributed by atoms with E-state index in [0.29, 0.717) is 0 Å². The summed E-state index contributed by atoms with van der Waals surface area (Å²) in [6, 6.07) is 5.22. The normalized spacial score (nSPS) is 16.2. The van der Waals surface area contributed by atoms with Gasteiger partial charge in [-0.05, 0) is 26.8 Å². The van der Waals surface area contributed by atoms with E-state index in [0.717, 1.165) is 20.1 Å². The van der Waals surface area contributed by atoms with Crippen LogP contribution in [0.2, 0.25) is 0 Å². The fourth-order valence-electron chi connectivity index (χ4n) is 2.48. The number of hydrogen-bond acceptors (Lipinski definition) is 2. The van der Waals surface area contributed by atoms with Crippen LogP contribution in [0.3, 0.4) is 0 Å². The fraction of sp³-hybridized carbons (Fsp3) is 0.647. The lowest BCUT2D eigenvalue weighted by Crippen LogP contribution is -2.62. The lowest BCUT2D eigenvalue weighted by molar-refractivity contribution is -0.400. The van der Waals surface area contributed by atoms with Gasteiger partial charge in [-0.3, -0.25) is 0 Å². The maximum atomic E-state index is 14.1. The van der Waals surface area contributed by atoms with Gasteiger partial charge in [-0.2, -0.15) is 39.5 Å². The Kier molecular flexibility index (Phi) is 6.66. The fourth-order valence-corrected chi connectivity index (χ4v) is 2.48. The van der Waals surface area contributed by atoms with Crippen molar-refractivity contribution in [2.45, 2.75) is 62.8 Å². The highest BCUT2D eigenvalue weighted by molar-refractivity contribution is 5.38. The van der Waals surface area contributed by atoms with Gasteiger partial charge in [0.15, 0.2) is 0 Å². The van der Waals surface area contributed by atoms with Gasteiger partial charge in [0.2, 0.25) is 0 Å². The number of alkyl halides is 9. The van der Waals surface area contributed by atoms with Crippen molar-refractivity contribution in [3.05, 3.63) is 29.8 Å². The summed E-state index contributed by atoms with van der Waals surface area (Å²) in [6.45, 7) is 4.02. The lowest BCUT2D eigenvalue weighted by atomic mass is 9.85. The smallest absolute Gasteiger partial charge is 0.460 e. The molecule has 0 amide bonds. The summed E-state index contributed by atoms with van der Waals surface area (Å²) in [5, 5.41) is 0. The minimum atomic E-state index is -6.95. The topological polar surface area (TPSA) is 18.5 Å². The molecule has 0 saturated heterocycles. The van der Waals surface area contributed by atoms with Gasteiger partial charge >= 0.3 is 23.9 Å². The molecule has 0 fully saturated rings. The summed E-state index contributed by atoms with van der Waals surface area (Å²) in [7, 11) is 0.836. The first-order chi connectivity index (χ1) is 12.4. The predicted molar refractivity (Wildman–Crippen MR) is 82.1 cm³/mol. The molecule has 0 radical (unpaired) electrons. The molecule has 0 heterocycles. The van der Waals surface area contributed by atoms with E-state index in [1.165, 1.54) is 18.2 Å². The van der Waals surface area contributed by atoms with Crippen LogP contribution >= 0.6 is 0 Å². The maximum absolute atomic E-state index is 14.1. The molecule has 0 aliphatic heterocycles. The van der Waals surface area contributed by atoms with Crippen molar-refractivity contribution in [1.82, 2.24) is 0 Å². The number of para-hydroxylation sites is 1. The second-order valence-electron chi connectivity index (χ2n) is 6.63. The second-order valence-corrected chi connectivity index (χ2v) is 6.63. The van der Waals surface area contributed by atoms with Crippen molar-refractivity contribution in [2.24, 2.45) is 0 Å². The molecule has 0 aliphatic carbocycles. The summed E-state index contributed by atoms with van der Waals surface area (Å²) in [4.78, 5) is 0. The van der Waals surface area contributed by atoms with Crippen LogP contribution in [0.1, 0.15) is 32.8 Å². The van der Waals surface area contributed by atoms with Gasteiger partial charge in [-0.25, -0.2) is 0 Å². The summed E-state index contributed by atoms with van der Waals surface area (Å²) >= 11 is 0. The van der Waals surface area contributed by atoms with Crippen molar-refractivity contribution in [2.75, 3.05) is 7.11 Å². The van der Waals surface area contributed by atoms with E-state index in [9.17, 15) is 39.5 Å². The van der Waals surface area contributed by atoms with E-state index in [2.05, 4.69) is 0 Å². The van der Waals surface area contributed by atoms with Crippen LogP contribution < -0.4 is 4.74 Å². The predicted octanol–water partition coefficient (Wildman–Crippen LogP) is 6.19. The Bertz CT molecular complexity index is 671. The molecule has 11 heteroatoms. The molecule has 0 aromatic heterocycles. The molecule has 1 aromatic carbocycles. The summed E-state index contributed by atoms with van der Waals surface area (Å²) < 4.78 is 129. The molecule has 1 atom stereocenters. The number of rotatable bonds is 8.